The number of likely N-dealkylation sites (N-methyl/N-ethyl adjacent to an activating group) is 1. The molecule has 0 aromatic carbocycles. The quantitative estimate of drug-likeness (QED) is 0.175. The lowest BCUT2D eigenvalue weighted by Crippen LogP contribution is -2.63. The molecule has 0 spiro atoms. The fraction of sp³-hybridized carbons (Fsp3) is 0.825. The summed E-state index contributed by atoms with van der Waals surface area (Å²) in [7, 11) is 6.37. The van der Waals surface area contributed by atoms with Gasteiger partial charge in [0.2, 0.25) is 0 Å². The van der Waals surface area contributed by atoms with Gasteiger partial charge in [0.15, 0.2) is 18.4 Å². The van der Waals surface area contributed by atoms with Crippen molar-refractivity contribution in [3.05, 3.63) is 23.8 Å². The van der Waals surface area contributed by atoms with Crippen molar-refractivity contribution in [1.29, 1.82) is 0 Å². The van der Waals surface area contributed by atoms with Crippen LogP contribution in [0.3, 0.4) is 0 Å². The molecule has 3 aliphatic rings. The monoisotopic (exact) mass is 785 g/mol. The molecule has 15 heteroatoms. The fourth-order valence-electron chi connectivity index (χ4n) is 8.01. The average molecular weight is 786 g/mol. The topological polar surface area (TPSA) is 200 Å². The number of rotatable bonds is 11. The maximum absolute atomic E-state index is 13.9. The first-order valence-corrected chi connectivity index (χ1v) is 19.5. The summed E-state index contributed by atoms with van der Waals surface area (Å²) in [5.74, 6) is -4.49. The van der Waals surface area contributed by atoms with Crippen molar-refractivity contribution in [2.24, 2.45) is 29.6 Å². The van der Waals surface area contributed by atoms with E-state index in [0.29, 0.717) is 12.0 Å². The Morgan fingerprint density at radius 3 is 2.05 bits per heavy atom. The first-order valence-electron chi connectivity index (χ1n) is 19.5. The second kappa shape index (κ2) is 21.6. The SMILES string of the molecule is CCC1OC(=O)[C@H](C)[C@@H](O)[C@H](C)C(O[C@@H]2O[C@H](C)[C@@H](O)[C@H](N(C)C)[C@H]2O)[C@@H](CC=O)C[C@@H](C)C(=O)/C=C\C(C)=C\[C@@H]1CO[C@@H]1O[C@H](C)[C@@H](O)[C@@H](OC)[C@H]1OC. The van der Waals surface area contributed by atoms with Gasteiger partial charge in [-0.25, -0.2) is 0 Å². The number of cyclic esters (lactones) is 1. The van der Waals surface area contributed by atoms with Crippen molar-refractivity contribution in [3.63, 3.8) is 0 Å². The zero-order valence-corrected chi connectivity index (χ0v) is 34.3. The highest BCUT2D eigenvalue weighted by atomic mass is 16.7. The van der Waals surface area contributed by atoms with Gasteiger partial charge in [-0.2, -0.15) is 0 Å². The van der Waals surface area contributed by atoms with Gasteiger partial charge in [-0.15, -0.1) is 0 Å². The molecule has 0 aromatic rings. The summed E-state index contributed by atoms with van der Waals surface area (Å²) >= 11 is 0. The third-order valence-electron chi connectivity index (χ3n) is 11.5. The van der Waals surface area contributed by atoms with E-state index in [1.807, 2.05) is 19.9 Å². The van der Waals surface area contributed by atoms with Crippen molar-refractivity contribution in [2.75, 3.05) is 34.9 Å². The largest absolute Gasteiger partial charge is 0.461 e. The van der Waals surface area contributed by atoms with Crippen LogP contribution >= 0.6 is 0 Å². The maximum atomic E-state index is 13.9. The second-order valence-corrected chi connectivity index (χ2v) is 15.8. The summed E-state index contributed by atoms with van der Waals surface area (Å²) < 4.78 is 41.9. The van der Waals surface area contributed by atoms with Crippen molar-refractivity contribution in [1.82, 2.24) is 4.90 Å². The smallest absolute Gasteiger partial charge is 0.311 e. The van der Waals surface area contributed by atoms with Crippen LogP contribution in [0.2, 0.25) is 0 Å². The summed E-state index contributed by atoms with van der Waals surface area (Å²) in [6.07, 6.45) is -5.07. The molecular weight excluding hydrogens is 718 g/mol. The van der Waals surface area contributed by atoms with Gasteiger partial charge in [0, 0.05) is 38.4 Å². The highest BCUT2D eigenvalue weighted by molar-refractivity contribution is 5.91. The summed E-state index contributed by atoms with van der Waals surface area (Å²) in [5, 5.41) is 44.6. The summed E-state index contributed by atoms with van der Waals surface area (Å²) in [6, 6.07) is -0.745. The van der Waals surface area contributed by atoms with Crippen LogP contribution in [0.15, 0.2) is 23.8 Å². The van der Waals surface area contributed by atoms with E-state index in [9.17, 15) is 34.8 Å². The van der Waals surface area contributed by atoms with Gasteiger partial charge in [-0.3, -0.25) is 9.59 Å². The molecule has 55 heavy (non-hydrogen) atoms. The number of aliphatic hydroxyl groups excluding tert-OH is 4. The number of ketones is 1. The maximum Gasteiger partial charge on any atom is 0.311 e. The zero-order chi connectivity index (χ0) is 41.3. The molecule has 0 bridgehead atoms. The Morgan fingerprint density at radius 1 is 0.855 bits per heavy atom. The Balaban J connectivity index is 2.00. The Labute approximate surface area is 326 Å². The minimum atomic E-state index is -1.35. The van der Waals surface area contributed by atoms with Crippen LogP contribution in [-0.4, -0.2) is 158 Å². The van der Waals surface area contributed by atoms with E-state index in [1.54, 1.807) is 59.7 Å². The molecule has 0 saturated carbocycles. The summed E-state index contributed by atoms with van der Waals surface area (Å²) in [4.78, 5) is 41.2. The minimum absolute atomic E-state index is 0.00644. The molecule has 2 unspecified atom stereocenters. The van der Waals surface area contributed by atoms with Crippen LogP contribution in [0, 0.1) is 29.6 Å². The number of nitrogens with zero attached hydrogens (tertiary/aromatic N) is 1. The second-order valence-electron chi connectivity index (χ2n) is 15.8. The Morgan fingerprint density at radius 2 is 1.47 bits per heavy atom. The van der Waals surface area contributed by atoms with Crippen LogP contribution in [0.25, 0.3) is 0 Å². The lowest BCUT2D eigenvalue weighted by molar-refractivity contribution is -0.304. The van der Waals surface area contributed by atoms with Gasteiger partial charge in [0.1, 0.15) is 36.8 Å². The summed E-state index contributed by atoms with van der Waals surface area (Å²) in [5.41, 5.74) is 0.699. The number of carbonyl (C=O) groups excluding carboxylic acids is 3. The number of aldehydes is 1. The molecule has 3 aliphatic heterocycles. The first kappa shape index (κ1) is 47.2. The third kappa shape index (κ3) is 11.7. The Hall–Kier alpha value is -2.15. The number of aliphatic hydroxyl groups is 4. The molecular formula is C40H67NO14. The van der Waals surface area contributed by atoms with Gasteiger partial charge in [0.05, 0.1) is 49.1 Å². The molecule has 0 aliphatic carbocycles. The van der Waals surface area contributed by atoms with Crippen molar-refractivity contribution in [3.8, 4) is 0 Å². The molecule has 15 nitrogen and oxygen atoms in total. The van der Waals surface area contributed by atoms with Gasteiger partial charge >= 0.3 is 5.97 Å². The molecule has 0 amide bonds. The number of hydrogen-bond acceptors (Lipinski definition) is 15. The van der Waals surface area contributed by atoms with Crippen molar-refractivity contribution in [2.45, 2.75) is 147 Å². The average Bonchev–Trinajstić information content (AvgIpc) is 3.14. The third-order valence-corrected chi connectivity index (χ3v) is 11.5. The van der Waals surface area contributed by atoms with Crippen LogP contribution < -0.4 is 0 Å². The zero-order valence-electron chi connectivity index (χ0n) is 34.3. The number of carbonyl (C=O) groups is 3. The lowest BCUT2D eigenvalue weighted by Gasteiger charge is -2.46. The van der Waals surface area contributed by atoms with E-state index in [2.05, 4.69) is 0 Å². The lowest BCUT2D eigenvalue weighted by atomic mass is 9.78. The van der Waals surface area contributed by atoms with Crippen LogP contribution in [-0.2, 0) is 47.5 Å². The van der Waals surface area contributed by atoms with Gasteiger partial charge in [-0.1, -0.05) is 38.5 Å². The Bertz CT molecular complexity index is 1290. The molecule has 3 rings (SSSR count). The van der Waals surface area contributed by atoms with E-state index < -0.39 is 115 Å². The van der Waals surface area contributed by atoms with Crippen LogP contribution in [0.4, 0.5) is 0 Å². The van der Waals surface area contributed by atoms with Gasteiger partial charge in [-0.05, 0) is 66.6 Å². The molecule has 4 N–H and O–H groups in total. The Kier molecular flexibility index (Phi) is 18.5. The van der Waals surface area contributed by atoms with E-state index in [1.165, 1.54) is 20.3 Å². The molecule has 0 aromatic heterocycles. The first-order chi connectivity index (χ1) is 25.9. The van der Waals surface area contributed by atoms with Crippen molar-refractivity contribution >= 4 is 18.0 Å². The molecule has 18 atom stereocenters. The number of ether oxygens (including phenoxy) is 7. The van der Waals surface area contributed by atoms with E-state index >= 15 is 0 Å². The fourth-order valence-corrected chi connectivity index (χ4v) is 8.01. The van der Waals surface area contributed by atoms with Crippen molar-refractivity contribution < 1.29 is 68.0 Å². The van der Waals surface area contributed by atoms with E-state index in [0.717, 1.165) is 6.29 Å². The van der Waals surface area contributed by atoms with Crippen LogP contribution in [0.1, 0.15) is 67.7 Å². The van der Waals surface area contributed by atoms with Gasteiger partial charge in [0.25, 0.3) is 0 Å². The highest BCUT2D eigenvalue weighted by Gasteiger charge is 2.48. The predicted molar refractivity (Wildman–Crippen MR) is 200 cm³/mol. The number of methoxy groups -OCH3 is 2. The molecule has 0 radical (unpaired) electrons. The normalized spacial score (nSPS) is 44.4. The predicted octanol–water partition coefficient (Wildman–Crippen LogP) is 1.81. The highest BCUT2D eigenvalue weighted by Crippen LogP contribution is 2.35. The van der Waals surface area contributed by atoms with E-state index in [4.69, 9.17) is 33.2 Å². The molecule has 2 saturated heterocycles. The molecule has 2 fully saturated rings. The van der Waals surface area contributed by atoms with Gasteiger partial charge < -0.3 is 63.3 Å². The molecule has 316 valence electrons. The summed E-state index contributed by atoms with van der Waals surface area (Å²) in [6.45, 7) is 12.0. The van der Waals surface area contributed by atoms with E-state index in [-0.39, 0.29) is 25.2 Å². The minimum Gasteiger partial charge on any atom is -0.461 e. The number of allylic oxidation sites excluding steroid dienone is 3. The standard InChI is InChI=1S/C40H67NO14/c1-12-29-27(19-51-40-37(50-11)36(49-10)33(46)25(7)53-40)17-20(2)13-14-28(43)21(3)18-26(15-16-42)35(22(4)31(44)23(5)38(48)54-29)55-39-34(47)30(41(8)9)32(45)24(6)52-39/h13-14,16-17,21-27,29-37,39-40,44-47H,12,15,18-19H2,1-11H3/b14-13-,20-17+/t21-,22+,23-,24-,25-,26+,27-,29?,30+,31+,32-,33-,34-,35?,36-,37-,39+,40-/m1/s1. The van der Waals surface area contributed by atoms with Crippen LogP contribution in [0.5, 0.6) is 0 Å². The number of esters is 1. The number of hydrogen-bond donors (Lipinski definition) is 4. The molecule has 3 heterocycles.